The number of ether oxygens (including phenoxy) is 2. The molecular formula is C20H23N2O3+. The van der Waals surface area contributed by atoms with Crippen molar-refractivity contribution in [1.82, 2.24) is 5.32 Å². The summed E-state index contributed by atoms with van der Waals surface area (Å²) in [4.78, 5) is 16.0. The molecule has 2 aromatic rings. The van der Waals surface area contributed by atoms with E-state index in [1.807, 2.05) is 49.4 Å². The Morgan fingerprint density at radius 2 is 1.80 bits per heavy atom. The molecule has 1 aliphatic rings. The Bertz CT molecular complexity index is 800. The van der Waals surface area contributed by atoms with Crippen LogP contribution in [0, 0.1) is 0 Å². The van der Waals surface area contributed by atoms with E-state index in [0.29, 0.717) is 23.8 Å². The minimum atomic E-state index is -0.121. The lowest BCUT2D eigenvalue weighted by Crippen LogP contribution is -2.78. The summed E-state index contributed by atoms with van der Waals surface area (Å²) >= 11 is 0. The van der Waals surface area contributed by atoms with Crippen LogP contribution in [0.15, 0.2) is 42.5 Å². The lowest BCUT2D eigenvalue weighted by molar-refractivity contribution is -0.456. The monoisotopic (exact) mass is 339 g/mol. The van der Waals surface area contributed by atoms with Gasteiger partial charge in [0.1, 0.15) is 6.54 Å². The van der Waals surface area contributed by atoms with E-state index in [1.54, 1.807) is 14.2 Å². The molecule has 0 aliphatic carbocycles. The first kappa shape index (κ1) is 17.0. The molecule has 5 nitrogen and oxygen atoms in total. The first-order valence-electron chi connectivity index (χ1n) is 8.36. The molecule has 3 rings (SSSR count). The maximum Gasteiger partial charge on any atom is 0.316 e. The zero-order valence-corrected chi connectivity index (χ0v) is 14.8. The van der Waals surface area contributed by atoms with Gasteiger partial charge >= 0.3 is 5.91 Å². The van der Waals surface area contributed by atoms with Crippen molar-refractivity contribution in [1.29, 1.82) is 0 Å². The van der Waals surface area contributed by atoms with Crippen LogP contribution in [0.2, 0.25) is 0 Å². The number of carbonyl (C=O) groups excluding carboxylic acids is 1. The van der Waals surface area contributed by atoms with Gasteiger partial charge < -0.3 is 14.8 Å². The number of benzene rings is 2. The average Bonchev–Trinajstić information content (AvgIpc) is 2.66. The topological polar surface area (TPSA) is 61.5 Å². The van der Waals surface area contributed by atoms with Crippen LogP contribution in [0.5, 0.6) is 11.5 Å². The van der Waals surface area contributed by atoms with Gasteiger partial charge in [0.05, 0.1) is 25.8 Å². The lowest BCUT2D eigenvalue weighted by atomic mass is 9.96. The van der Waals surface area contributed by atoms with Gasteiger partial charge in [-0.3, -0.25) is 4.79 Å². The highest BCUT2D eigenvalue weighted by Gasteiger charge is 2.29. The van der Waals surface area contributed by atoms with Gasteiger partial charge in [0.2, 0.25) is 0 Å². The minimum absolute atomic E-state index is 0.0754. The fourth-order valence-electron chi connectivity index (χ4n) is 3.07. The van der Waals surface area contributed by atoms with Crippen LogP contribution in [0.25, 0.3) is 0 Å². The van der Waals surface area contributed by atoms with E-state index in [0.717, 1.165) is 23.1 Å². The Morgan fingerprint density at radius 3 is 2.48 bits per heavy atom. The second-order valence-corrected chi connectivity index (χ2v) is 6.02. The van der Waals surface area contributed by atoms with Crippen molar-refractivity contribution in [3.05, 3.63) is 59.2 Å². The Hall–Kier alpha value is -2.82. The fraction of sp³-hybridized carbons (Fsp3) is 0.300. The lowest BCUT2D eigenvalue weighted by Gasteiger charge is -2.18. The maximum atomic E-state index is 12.8. The predicted octanol–water partition coefficient (Wildman–Crippen LogP) is 1.01. The summed E-state index contributed by atoms with van der Waals surface area (Å²) in [5.41, 5.74) is 3.58. The fourth-order valence-corrected chi connectivity index (χ4v) is 3.07. The molecule has 130 valence electrons. The van der Waals surface area contributed by atoms with Crippen molar-refractivity contribution in [2.75, 3.05) is 20.8 Å². The largest absolute Gasteiger partial charge is 0.493 e. The Kier molecular flexibility index (Phi) is 5.03. The van der Waals surface area contributed by atoms with Gasteiger partial charge in [-0.25, -0.2) is 4.99 Å². The van der Waals surface area contributed by atoms with Crippen LogP contribution >= 0.6 is 0 Å². The summed E-state index contributed by atoms with van der Waals surface area (Å²) in [7, 11) is 3.21. The first-order valence-corrected chi connectivity index (χ1v) is 8.36. The van der Waals surface area contributed by atoms with Crippen molar-refractivity contribution in [3.8, 4) is 11.5 Å². The van der Waals surface area contributed by atoms with Gasteiger partial charge in [0, 0.05) is 6.42 Å². The number of methoxy groups -OCH3 is 2. The van der Waals surface area contributed by atoms with Gasteiger partial charge in [0.15, 0.2) is 11.5 Å². The summed E-state index contributed by atoms with van der Waals surface area (Å²) in [6, 6.07) is 13.6. The van der Waals surface area contributed by atoms with E-state index >= 15 is 0 Å². The van der Waals surface area contributed by atoms with Crippen LogP contribution in [-0.2, 0) is 11.2 Å². The molecule has 0 aromatic heterocycles. The Balaban J connectivity index is 1.86. The minimum Gasteiger partial charge on any atom is -0.493 e. The number of hydrogen-bond acceptors (Lipinski definition) is 3. The van der Waals surface area contributed by atoms with Crippen molar-refractivity contribution in [2.24, 2.45) is 0 Å². The molecule has 5 heteroatoms. The van der Waals surface area contributed by atoms with Crippen molar-refractivity contribution in [2.45, 2.75) is 19.4 Å². The molecule has 1 amide bonds. The molecule has 0 unspecified atom stereocenters. The highest BCUT2D eigenvalue weighted by molar-refractivity contribution is 6.43. The molecule has 25 heavy (non-hydrogen) atoms. The zero-order chi connectivity index (χ0) is 17.8. The molecule has 0 saturated heterocycles. The van der Waals surface area contributed by atoms with Gasteiger partial charge in [-0.1, -0.05) is 30.3 Å². The summed E-state index contributed by atoms with van der Waals surface area (Å²) in [5.74, 6) is 1.18. The van der Waals surface area contributed by atoms with Crippen LogP contribution < -0.4 is 19.8 Å². The average molecular weight is 339 g/mol. The molecule has 1 atom stereocenters. The Labute approximate surface area is 147 Å². The number of rotatable bonds is 5. The van der Waals surface area contributed by atoms with E-state index in [-0.39, 0.29) is 11.9 Å². The number of hydrogen-bond donors (Lipinski definition) is 2. The van der Waals surface area contributed by atoms with E-state index < -0.39 is 0 Å². The summed E-state index contributed by atoms with van der Waals surface area (Å²) in [6.45, 7) is 2.69. The van der Waals surface area contributed by atoms with Crippen LogP contribution in [0.3, 0.4) is 0 Å². The van der Waals surface area contributed by atoms with Crippen LogP contribution in [0.1, 0.15) is 29.7 Å². The second kappa shape index (κ2) is 7.38. The number of fused-ring (bicyclic) bond motifs is 1. The summed E-state index contributed by atoms with van der Waals surface area (Å²) in [5, 5.41) is 3.06. The van der Waals surface area contributed by atoms with Crippen LogP contribution in [0.4, 0.5) is 0 Å². The van der Waals surface area contributed by atoms with E-state index in [2.05, 4.69) is 10.3 Å². The van der Waals surface area contributed by atoms with E-state index in [4.69, 9.17) is 9.47 Å². The van der Waals surface area contributed by atoms with E-state index in [9.17, 15) is 4.79 Å². The normalized spacial score (nSPS) is 14.1. The van der Waals surface area contributed by atoms with Gasteiger partial charge in [-0.15, -0.1) is 0 Å². The zero-order valence-electron chi connectivity index (χ0n) is 14.8. The van der Waals surface area contributed by atoms with E-state index in [1.165, 1.54) is 0 Å². The molecule has 1 aliphatic heterocycles. The molecule has 2 N–H and O–H groups in total. The first-order chi connectivity index (χ1) is 12.1. The maximum absolute atomic E-state index is 12.8. The Morgan fingerprint density at radius 1 is 1.12 bits per heavy atom. The van der Waals surface area contributed by atoms with Gasteiger partial charge in [-0.2, -0.15) is 0 Å². The number of carbonyl (C=O) groups is 1. The molecule has 0 spiro atoms. The smallest absolute Gasteiger partial charge is 0.316 e. The molecule has 1 heterocycles. The highest BCUT2D eigenvalue weighted by Crippen LogP contribution is 2.31. The quantitative estimate of drug-likeness (QED) is 0.855. The summed E-state index contributed by atoms with van der Waals surface area (Å²) < 4.78 is 10.7. The third-order valence-electron chi connectivity index (χ3n) is 4.45. The molecule has 0 fully saturated rings. The van der Waals surface area contributed by atoms with Crippen molar-refractivity contribution < 1.29 is 19.3 Å². The van der Waals surface area contributed by atoms with Gasteiger partial charge in [0.25, 0.3) is 5.71 Å². The summed E-state index contributed by atoms with van der Waals surface area (Å²) in [6.07, 6.45) is 0.834. The second-order valence-electron chi connectivity index (χ2n) is 6.02. The third-order valence-corrected chi connectivity index (χ3v) is 4.45. The highest BCUT2D eigenvalue weighted by atomic mass is 16.5. The molecule has 0 saturated carbocycles. The van der Waals surface area contributed by atoms with Crippen molar-refractivity contribution >= 4 is 11.6 Å². The molecule has 0 bridgehead atoms. The molecule has 2 aromatic carbocycles. The molecule has 0 radical (unpaired) electrons. The molecular weight excluding hydrogens is 316 g/mol. The predicted molar refractivity (Wildman–Crippen MR) is 96.2 cm³/mol. The van der Waals surface area contributed by atoms with Crippen LogP contribution in [-0.4, -0.2) is 32.4 Å². The van der Waals surface area contributed by atoms with Crippen molar-refractivity contribution in [3.63, 3.8) is 0 Å². The standard InChI is InChI=1S/C20H22N2O3/c1-13(14-7-5-4-6-8-14)22-20(23)19-16-12-18(25-3)17(24-2)11-15(16)9-10-21-19/h4-8,11-13H,9-10H2,1-3H3,(H,22,23)/p+1/t13-/m0/s1. The number of amides is 1. The number of nitrogens with one attached hydrogen (secondary N) is 2. The van der Waals surface area contributed by atoms with Gasteiger partial charge in [-0.05, 0) is 30.2 Å². The SMILES string of the molecule is COc1cc2c(cc1OC)C(C(=O)N[C@@H](C)c1ccccc1)=[NH+]CC2. The third kappa shape index (κ3) is 3.50.